The lowest BCUT2D eigenvalue weighted by molar-refractivity contribution is -0.367. The predicted molar refractivity (Wildman–Crippen MR) is 118 cm³/mol. The predicted octanol–water partition coefficient (Wildman–Crippen LogP) is -2.10. The van der Waals surface area contributed by atoms with E-state index in [4.69, 9.17) is 14.0 Å². The smallest absolute Gasteiger partial charge is 0.390 e. The third kappa shape index (κ3) is 5.17. The number of aromatic nitrogens is 2. The van der Waals surface area contributed by atoms with Gasteiger partial charge < -0.3 is 39.7 Å². The van der Waals surface area contributed by atoms with Gasteiger partial charge >= 0.3 is 21.3 Å². The van der Waals surface area contributed by atoms with Crippen molar-refractivity contribution in [2.45, 2.75) is 68.9 Å². The van der Waals surface area contributed by atoms with Gasteiger partial charge in [0.05, 0.1) is 12.7 Å². The SMILES string of the molecule is CCC1C(C)C(O)C2(O)C(OP(=O)(O)OP(=O)(O)OCC3OC(n4ccc(=O)[nH]c4=O)C(O)C3O)OC12. The average molecular weight is 574 g/mol. The number of H-pyrrole nitrogens is 1. The molecule has 1 aliphatic carbocycles. The Morgan fingerprint density at radius 1 is 1.14 bits per heavy atom. The van der Waals surface area contributed by atoms with Crippen molar-refractivity contribution in [2.75, 3.05) is 6.61 Å². The molecule has 19 heteroatoms. The lowest BCUT2D eigenvalue weighted by atomic mass is 9.88. The molecule has 17 nitrogen and oxygen atoms in total. The van der Waals surface area contributed by atoms with Crippen LogP contribution in [0.1, 0.15) is 26.5 Å². The van der Waals surface area contributed by atoms with E-state index in [0.717, 1.165) is 16.8 Å². The van der Waals surface area contributed by atoms with Gasteiger partial charge in [-0.2, -0.15) is 4.31 Å². The second-order valence-electron chi connectivity index (χ2n) is 9.14. The molecule has 3 heterocycles. The highest BCUT2D eigenvalue weighted by atomic mass is 31.3. The summed E-state index contributed by atoms with van der Waals surface area (Å²) in [6.45, 7) is 2.51. The van der Waals surface area contributed by atoms with Gasteiger partial charge in [0.15, 0.2) is 11.8 Å². The minimum Gasteiger partial charge on any atom is -0.390 e. The summed E-state index contributed by atoms with van der Waals surface area (Å²) in [6, 6.07) is 0.959. The summed E-state index contributed by atoms with van der Waals surface area (Å²) in [4.78, 5) is 44.9. The molecule has 0 radical (unpaired) electrons. The number of phosphoric ester groups is 2. The standard InChI is InChI=1S/C18H28N2O15P2/c1-3-8-7(2)13(24)18(26)14(8)33-16(18)34-37(29,30)35-36(27,28)31-6-9-11(22)12(23)15(32-9)20-5-4-10(21)19-17(20)25/h4-5,7-9,11-16,22-24,26H,3,6H2,1-2H3,(H,27,28)(H,29,30)(H,19,21,25). The molecule has 12 unspecified atom stereocenters. The van der Waals surface area contributed by atoms with Gasteiger partial charge in [-0.05, 0) is 11.8 Å². The highest BCUT2D eigenvalue weighted by molar-refractivity contribution is 7.61. The van der Waals surface area contributed by atoms with E-state index in [1.54, 1.807) is 6.92 Å². The Labute approximate surface area is 208 Å². The maximum absolute atomic E-state index is 12.4. The number of aromatic amines is 1. The van der Waals surface area contributed by atoms with Crippen LogP contribution in [0, 0.1) is 11.8 Å². The van der Waals surface area contributed by atoms with E-state index in [1.807, 2.05) is 11.9 Å². The van der Waals surface area contributed by atoms with E-state index in [0.29, 0.717) is 6.42 Å². The fourth-order valence-corrected chi connectivity index (χ4v) is 7.16. The molecule has 1 aromatic rings. The molecule has 210 valence electrons. The summed E-state index contributed by atoms with van der Waals surface area (Å²) in [7, 11) is -10.8. The maximum atomic E-state index is 12.4. The zero-order valence-electron chi connectivity index (χ0n) is 19.5. The second-order valence-corrected chi connectivity index (χ2v) is 12.1. The summed E-state index contributed by atoms with van der Waals surface area (Å²) in [5.41, 5.74) is -3.73. The number of nitrogens with zero attached hydrogens (tertiary/aromatic N) is 1. The van der Waals surface area contributed by atoms with E-state index >= 15 is 0 Å². The number of hydrogen-bond acceptors (Lipinski definition) is 13. The highest BCUT2D eigenvalue weighted by Gasteiger charge is 2.71. The van der Waals surface area contributed by atoms with Gasteiger partial charge in [0.1, 0.15) is 24.4 Å². The number of hydrogen-bond donors (Lipinski definition) is 7. The molecule has 0 amide bonds. The Kier molecular flexibility index (Phi) is 7.78. The lowest BCUT2D eigenvalue weighted by Gasteiger charge is -2.49. The molecule has 1 aromatic heterocycles. The van der Waals surface area contributed by atoms with Crippen molar-refractivity contribution in [3.8, 4) is 0 Å². The van der Waals surface area contributed by atoms with Crippen LogP contribution in [0.5, 0.6) is 0 Å². The van der Waals surface area contributed by atoms with E-state index in [1.165, 1.54) is 0 Å². The Bertz CT molecular complexity index is 1220. The topological polar surface area (TPSA) is 257 Å². The number of aliphatic hydroxyl groups excluding tert-OH is 3. The second kappa shape index (κ2) is 10.0. The Hall–Kier alpha value is -1.30. The van der Waals surface area contributed by atoms with Gasteiger partial charge in [-0.15, -0.1) is 0 Å². The molecule has 3 aliphatic rings. The van der Waals surface area contributed by atoms with Crippen LogP contribution in [0.2, 0.25) is 0 Å². The third-order valence-electron chi connectivity index (χ3n) is 6.91. The number of aliphatic hydroxyl groups is 4. The van der Waals surface area contributed by atoms with Crippen LogP contribution >= 0.6 is 15.6 Å². The van der Waals surface area contributed by atoms with Crippen molar-refractivity contribution in [3.05, 3.63) is 33.1 Å². The van der Waals surface area contributed by atoms with Gasteiger partial charge in [0.25, 0.3) is 5.56 Å². The minimum absolute atomic E-state index is 0.268. The maximum Gasteiger partial charge on any atom is 0.483 e. The normalized spacial score (nSPS) is 42.5. The summed E-state index contributed by atoms with van der Waals surface area (Å²) in [5.74, 6) is -0.695. The fraction of sp³-hybridized carbons (Fsp3) is 0.778. The highest BCUT2D eigenvalue weighted by Crippen LogP contribution is 2.64. The first-order chi connectivity index (χ1) is 17.1. The van der Waals surface area contributed by atoms with Gasteiger partial charge in [0, 0.05) is 12.3 Å². The fourth-order valence-electron chi connectivity index (χ4n) is 4.98. The van der Waals surface area contributed by atoms with Crippen molar-refractivity contribution >= 4 is 15.6 Å². The van der Waals surface area contributed by atoms with Crippen LogP contribution < -0.4 is 11.2 Å². The third-order valence-corrected chi connectivity index (χ3v) is 9.49. The molecular weight excluding hydrogens is 546 g/mol. The van der Waals surface area contributed by atoms with Crippen LogP contribution in [-0.4, -0.2) is 88.8 Å². The number of ether oxygens (including phenoxy) is 2. The van der Waals surface area contributed by atoms with Crippen LogP contribution in [0.4, 0.5) is 0 Å². The molecule has 37 heavy (non-hydrogen) atoms. The average Bonchev–Trinajstić information content (AvgIpc) is 3.15. The Morgan fingerprint density at radius 2 is 1.81 bits per heavy atom. The van der Waals surface area contributed by atoms with Crippen molar-refractivity contribution < 1.29 is 62.2 Å². The number of fused-ring (bicyclic) bond motifs is 1. The number of nitrogens with one attached hydrogen (secondary N) is 1. The van der Waals surface area contributed by atoms with Gasteiger partial charge in [0.2, 0.25) is 6.29 Å². The largest absolute Gasteiger partial charge is 0.483 e. The summed E-state index contributed by atoms with van der Waals surface area (Å²) < 4.78 is 49.5. The molecule has 7 N–H and O–H groups in total. The first kappa shape index (κ1) is 28.7. The van der Waals surface area contributed by atoms with E-state index < -0.39 is 88.1 Å². The molecule has 2 saturated heterocycles. The van der Waals surface area contributed by atoms with E-state index in [9.17, 15) is 48.9 Å². The van der Waals surface area contributed by atoms with E-state index in [-0.39, 0.29) is 5.92 Å². The first-order valence-corrected chi connectivity index (χ1v) is 14.2. The molecule has 3 fully saturated rings. The number of rotatable bonds is 9. The summed E-state index contributed by atoms with van der Waals surface area (Å²) in [5, 5.41) is 41.6. The monoisotopic (exact) mass is 574 g/mol. The molecule has 12 atom stereocenters. The molecule has 4 rings (SSSR count). The van der Waals surface area contributed by atoms with Crippen molar-refractivity contribution in [1.82, 2.24) is 9.55 Å². The van der Waals surface area contributed by atoms with Crippen LogP contribution in [-0.2, 0) is 32.0 Å². The lowest BCUT2D eigenvalue weighted by Crippen LogP contribution is -2.69. The molecular formula is C18H28N2O15P2. The molecule has 0 aromatic carbocycles. The molecule has 0 spiro atoms. The molecule has 1 saturated carbocycles. The van der Waals surface area contributed by atoms with Crippen LogP contribution in [0.3, 0.4) is 0 Å². The minimum atomic E-state index is -5.43. The van der Waals surface area contributed by atoms with Crippen molar-refractivity contribution in [3.63, 3.8) is 0 Å². The van der Waals surface area contributed by atoms with E-state index in [2.05, 4.69) is 8.83 Å². The van der Waals surface area contributed by atoms with Gasteiger partial charge in [-0.3, -0.25) is 23.4 Å². The Balaban J connectivity index is 1.36. The van der Waals surface area contributed by atoms with Crippen LogP contribution in [0.15, 0.2) is 21.9 Å². The van der Waals surface area contributed by atoms with Gasteiger partial charge in [-0.1, -0.05) is 20.3 Å². The van der Waals surface area contributed by atoms with Crippen LogP contribution in [0.25, 0.3) is 0 Å². The number of phosphoric acid groups is 2. The molecule has 0 bridgehead atoms. The summed E-state index contributed by atoms with van der Waals surface area (Å²) in [6.07, 6.45) is -9.05. The Morgan fingerprint density at radius 3 is 2.43 bits per heavy atom. The zero-order valence-corrected chi connectivity index (χ0v) is 21.3. The van der Waals surface area contributed by atoms with Crippen molar-refractivity contribution in [2.24, 2.45) is 11.8 Å². The van der Waals surface area contributed by atoms with Gasteiger partial charge in [-0.25, -0.2) is 13.9 Å². The first-order valence-electron chi connectivity index (χ1n) is 11.2. The summed E-state index contributed by atoms with van der Waals surface area (Å²) >= 11 is 0. The zero-order chi connectivity index (χ0) is 27.5. The molecule has 2 aliphatic heterocycles. The quantitative estimate of drug-likeness (QED) is 0.156. The van der Waals surface area contributed by atoms with Crippen molar-refractivity contribution in [1.29, 1.82) is 0 Å².